The fourth-order valence-corrected chi connectivity index (χ4v) is 2.83. The van der Waals surface area contributed by atoms with Crippen LogP contribution in [0.5, 0.6) is 5.75 Å². The maximum absolute atomic E-state index is 12.5. The van der Waals surface area contributed by atoms with Gasteiger partial charge in [-0.1, -0.05) is 23.7 Å². The number of Topliss-reactive ketones (excluding diaryl/α,β-unsaturated/α-hetero) is 1. The molecule has 0 spiro atoms. The van der Waals surface area contributed by atoms with Gasteiger partial charge in [-0.25, -0.2) is 4.79 Å². The molecule has 154 valence electrons. The molecule has 0 bridgehead atoms. The summed E-state index contributed by atoms with van der Waals surface area (Å²) in [6.07, 6.45) is -1.18. The average Bonchev–Trinajstić information content (AvgIpc) is 2.68. The number of ketones is 1. The number of carbonyl (C=O) groups is 3. The molecule has 2 amide bonds. The predicted octanol–water partition coefficient (Wildman–Crippen LogP) is 3.65. The third-order valence-corrected chi connectivity index (χ3v) is 4.34. The number of nitrogens with two attached hydrogens (primary N) is 1. The first-order valence-corrected chi connectivity index (χ1v) is 9.46. The summed E-state index contributed by atoms with van der Waals surface area (Å²) in [6, 6.07) is 11.7. The van der Waals surface area contributed by atoms with Crippen molar-refractivity contribution in [3.8, 4) is 5.75 Å². The lowest BCUT2D eigenvalue weighted by Gasteiger charge is -2.19. The second kappa shape index (κ2) is 10.5. The number of esters is 1. The summed E-state index contributed by atoms with van der Waals surface area (Å²) >= 11 is 5.87. The van der Waals surface area contributed by atoms with E-state index in [9.17, 15) is 14.4 Å². The highest BCUT2D eigenvalue weighted by atomic mass is 35.5. The lowest BCUT2D eigenvalue weighted by molar-refractivity contribution is -0.146. The van der Waals surface area contributed by atoms with Crippen LogP contribution in [0.25, 0.3) is 0 Å². The van der Waals surface area contributed by atoms with Crippen molar-refractivity contribution in [1.29, 1.82) is 0 Å². The summed E-state index contributed by atoms with van der Waals surface area (Å²) in [7, 11) is 0. The maximum Gasteiger partial charge on any atom is 0.312 e. The van der Waals surface area contributed by atoms with E-state index in [0.29, 0.717) is 28.5 Å². The van der Waals surface area contributed by atoms with Gasteiger partial charge in [0.25, 0.3) is 0 Å². The van der Waals surface area contributed by atoms with E-state index in [4.69, 9.17) is 26.8 Å². The van der Waals surface area contributed by atoms with Gasteiger partial charge in [-0.2, -0.15) is 0 Å². The van der Waals surface area contributed by atoms with E-state index >= 15 is 0 Å². The molecule has 0 aromatic heterocycles. The fraction of sp³-hybridized carbons (Fsp3) is 0.286. The third-order valence-electron chi connectivity index (χ3n) is 4.09. The molecule has 0 radical (unpaired) electrons. The van der Waals surface area contributed by atoms with Crippen molar-refractivity contribution in [2.75, 3.05) is 6.61 Å². The zero-order valence-corrected chi connectivity index (χ0v) is 16.9. The van der Waals surface area contributed by atoms with Crippen molar-refractivity contribution < 1.29 is 23.9 Å². The minimum absolute atomic E-state index is 0.189. The number of halogens is 1. The van der Waals surface area contributed by atoms with Crippen molar-refractivity contribution in [1.82, 2.24) is 5.32 Å². The standard InChI is InChI=1S/C21H23ClN2O5/c1-3-28-17-10-6-15(7-11-17)20(26)13(2)29-19(25)12-18(24-21(23)27)14-4-8-16(22)9-5-14/h4-11,13,18H,3,12H2,1-2H3,(H3,23,24,27). The molecule has 0 heterocycles. The molecule has 29 heavy (non-hydrogen) atoms. The second-order valence-electron chi connectivity index (χ2n) is 6.27. The molecule has 0 aliphatic carbocycles. The molecule has 8 heteroatoms. The normalized spacial score (nSPS) is 12.5. The van der Waals surface area contributed by atoms with Crippen molar-refractivity contribution in [3.05, 3.63) is 64.7 Å². The summed E-state index contributed by atoms with van der Waals surface area (Å²) in [5, 5.41) is 3.01. The van der Waals surface area contributed by atoms with Crippen LogP contribution in [0.3, 0.4) is 0 Å². The zero-order chi connectivity index (χ0) is 21.4. The molecule has 0 saturated heterocycles. The van der Waals surface area contributed by atoms with Gasteiger partial charge in [-0.15, -0.1) is 0 Å². The number of nitrogens with one attached hydrogen (secondary N) is 1. The molecule has 2 rings (SSSR count). The van der Waals surface area contributed by atoms with E-state index in [2.05, 4.69) is 5.32 Å². The van der Waals surface area contributed by atoms with Gasteiger partial charge >= 0.3 is 12.0 Å². The second-order valence-corrected chi connectivity index (χ2v) is 6.71. The Morgan fingerprint density at radius 3 is 2.24 bits per heavy atom. The van der Waals surface area contributed by atoms with Crippen LogP contribution in [0.1, 0.15) is 42.2 Å². The van der Waals surface area contributed by atoms with E-state index in [1.165, 1.54) is 6.92 Å². The van der Waals surface area contributed by atoms with Gasteiger partial charge in [0.05, 0.1) is 19.1 Å². The largest absolute Gasteiger partial charge is 0.494 e. The molecule has 0 fully saturated rings. The van der Waals surface area contributed by atoms with E-state index < -0.39 is 24.1 Å². The highest BCUT2D eigenvalue weighted by Crippen LogP contribution is 2.21. The number of benzene rings is 2. The van der Waals surface area contributed by atoms with Crippen LogP contribution in [0.2, 0.25) is 5.02 Å². The van der Waals surface area contributed by atoms with Crippen LogP contribution >= 0.6 is 11.6 Å². The first kappa shape index (κ1) is 22.2. The quantitative estimate of drug-likeness (QED) is 0.477. The van der Waals surface area contributed by atoms with Crippen LogP contribution < -0.4 is 15.8 Å². The number of carbonyl (C=O) groups excluding carboxylic acids is 3. The molecule has 2 aromatic carbocycles. The monoisotopic (exact) mass is 418 g/mol. The molecule has 0 aliphatic heterocycles. The average molecular weight is 419 g/mol. The Bertz CT molecular complexity index is 852. The molecule has 0 aliphatic rings. The highest BCUT2D eigenvalue weighted by molar-refractivity contribution is 6.30. The number of hydrogen-bond donors (Lipinski definition) is 2. The maximum atomic E-state index is 12.5. The van der Waals surface area contributed by atoms with Gasteiger partial charge in [-0.05, 0) is 55.8 Å². The molecule has 0 saturated carbocycles. The zero-order valence-electron chi connectivity index (χ0n) is 16.2. The molecular formula is C21H23ClN2O5. The van der Waals surface area contributed by atoms with Crippen LogP contribution in [0.15, 0.2) is 48.5 Å². The summed E-state index contributed by atoms with van der Waals surface area (Å²) in [4.78, 5) is 36.1. The SMILES string of the molecule is CCOc1ccc(C(=O)C(C)OC(=O)CC(NC(N)=O)c2ccc(Cl)cc2)cc1. The van der Waals surface area contributed by atoms with Gasteiger partial charge in [0.2, 0.25) is 5.78 Å². The van der Waals surface area contributed by atoms with E-state index in [1.54, 1.807) is 48.5 Å². The van der Waals surface area contributed by atoms with Crippen LogP contribution in [0.4, 0.5) is 4.79 Å². The van der Waals surface area contributed by atoms with Gasteiger partial charge in [-0.3, -0.25) is 9.59 Å². The molecule has 7 nitrogen and oxygen atoms in total. The number of rotatable bonds is 9. The Kier molecular flexibility index (Phi) is 8.03. The number of hydrogen-bond acceptors (Lipinski definition) is 5. The lowest BCUT2D eigenvalue weighted by atomic mass is 10.0. The van der Waals surface area contributed by atoms with E-state index in [1.807, 2.05) is 6.92 Å². The van der Waals surface area contributed by atoms with Crippen LogP contribution in [0, 0.1) is 0 Å². The fourth-order valence-electron chi connectivity index (χ4n) is 2.70. The Balaban J connectivity index is 2.01. The van der Waals surface area contributed by atoms with Crippen molar-refractivity contribution in [2.45, 2.75) is 32.4 Å². The Hall–Kier alpha value is -3.06. The first-order valence-electron chi connectivity index (χ1n) is 9.08. The van der Waals surface area contributed by atoms with Crippen LogP contribution in [-0.4, -0.2) is 30.5 Å². The lowest BCUT2D eigenvalue weighted by Crippen LogP contribution is -2.35. The Morgan fingerprint density at radius 1 is 1.07 bits per heavy atom. The van der Waals surface area contributed by atoms with Gasteiger partial charge < -0.3 is 20.5 Å². The summed E-state index contributed by atoms with van der Waals surface area (Å²) < 4.78 is 10.6. The van der Waals surface area contributed by atoms with E-state index in [0.717, 1.165) is 0 Å². The smallest absolute Gasteiger partial charge is 0.312 e. The van der Waals surface area contributed by atoms with Gasteiger partial charge in [0.15, 0.2) is 6.10 Å². The molecule has 3 N–H and O–H groups in total. The number of primary amides is 1. The van der Waals surface area contributed by atoms with Crippen LogP contribution in [-0.2, 0) is 9.53 Å². The van der Waals surface area contributed by atoms with E-state index in [-0.39, 0.29) is 12.2 Å². The summed E-state index contributed by atoms with van der Waals surface area (Å²) in [6.45, 7) is 3.88. The predicted molar refractivity (Wildman–Crippen MR) is 109 cm³/mol. The summed E-state index contributed by atoms with van der Waals surface area (Å²) in [5.41, 5.74) is 6.24. The number of ether oxygens (including phenoxy) is 2. The van der Waals surface area contributed by atoms with Crippen molar-refractivity contribution in [3.63, 3.8) is 0 Å². The van der Waals surface area contributed by atoms with Crippen molar-refractivity contribution >= 4 is 29.4 Å². The molecular weight excluding hydrogens is 396 g/mol. The third kappa shape index (κ3) is 6.80. The minimum Gasteiger partial charge on any atom is -0.494 e. The molecule has 2 unspecified atom stereocenters. The number of urea groups is 1. The summed E-state index contributed by atoms with van der Waals surface area (Å²) in [5.74, 6) is -0.338. The van der Waals surface area contributed by atoms with Crippen molar-refractivity contribution in [2.24, 2.45) is 5.73 Å². The Morgan fingerprint density at radius 2 is 1.69 bits per heavy atom. The molecule has 2 aromatic rings. The minimum atomic E-state index is -0.986. The van der Waals surface area contributed by atoms with Gasteiger partial charge in [0.1, 0.15) is 5.75 Å². The number of amides is 2. The van der Waals surface area contributed by atoms with Gasteiger partial charge in [0, 0.05) is 10.6 Å². The first-order chi connectivity index (χ1) is 13.8. The topological polar surface area (TPSA) is 108 Å². The molecule has 2 atom stereocenters. The Labute approximate surface area is 174 Å². The highest BCUT2D eigenvalue weighted by Gasteiger charge is 2.23.